The Labute approximate surface area is 179 Å². The first kappa shape index (κ1) is 21.5. The van der Waals surface area contributed by atoms with Crippen molar-refractivity contribution < 1.29 is 22.7 Å². The largest absolute Gasteiger partial charge is 0.497 e. The molecule has 0 saturated carbocycles. The monoisotopic (exact) mass is 446 g/mol. The summed E-state index contributed by atoms with van der Waals surface area (Å²) in [5, 5.41) is 3.20. The van der Waals surface area contributed by atoms with E-state index in [1.54, 1.807) is 18.2 Å². The molecule has 3 aromatic rings. The Hall–Kier alpha value is -3.23. The zero-order chi connectivity index (χ0) is 21.7. The maximum absolute atomic E-state index is 12.5. The van der Waals surface area contributed by atoms with Crippen LogP contribution in [0.15, 0.2) is 71.6 Å². The molecule has 0 bridgehead atoms. The Kier molecular flexibility index (Phi) is 6.49. The number of amides is 1. The molecule has 0 fully saturated rings. The lowest BCUT2D eigenvalue weighted by molar-refractivity contribution is 0.102. The molecule has 0 aliphatic carbocycles. The van der Waals surface area contributed by atoms with Crippen molar-refractivity contribution >= 4 is 38.9 Å². The molecule has 3 aromatic carbocycles. The quantitative estimate of drug-likeness (QED) is 0.560. The second-order valence-corrected chi connectivity index (χ2v) is 8.28. The third-order valence-corrected chi connectivity index (χ3v) is 5.83. The van der Waals surface area contributed by atoms with Crippen LogP contribution in [0.2, 0.25) is 5.02 Å². The van der Waals surface area contributed by atoms with E-state index in [0.717, 1.165) is 0 Å². The lowest BCUT2D eigenvalue weighted by Gasteiger charge is -2.12. The number of sulfonamides is 1. The lowest BCUT2D eigenvalue weighted by atomic mass is 10.2. The average Bonchev–Trinajstić information content (AvgIpc) is 2.74. The van der Waals surface area contributed by atoms with E-state index in [0.29, 0.717) is 33.5 Å². The average molecular weight is 447 g/mol. The van der Waals surface area contributed by atoms with Crippen molar-refractivity contribution in [2.45, 2.75) is 4.90 Å². The predicted molar refractivity (Wildman–Crippen MR) is 116 cm³/mol. The molecular formula is C21H19ClN2O5S. The van der Waals surface area contributed by atoms with Gasteiger partial charge >= 0.3 is 0 Å². The molecule has 156 valence electrons. The third kappa shape index (κ3) is 5.03. The topological polar surface area (TPSA) is 93.7 Å². The van der Waals surface area contributed by atoms with Crippen LogP contribution in [0.3, 0.4) is 0 Å². The molecule has 0 aliphatic heterocycles. The third-order valence-electron chi connectivity index (χ3n) is 4.18. The van der Waals surface area contributed by atoms with E-state index in [1.165, 1.54) is 62.8 Å². The minimum absolute atomic E-state index is 0.0836. The molecule has 1 amide bonds. The molecule has 3 rings (SSSR count). The minimum Gasteiger partial charge on any atom is -0.497 e. The highest BCUT2D eigenvalue weighted by Crippen LogP contribution is 2.29. The molecule has 7 nitrogen and oxygen atoms in total. The van der Waals surface area contributed by atoms with Gasteiger partial charge in [-0.25, -0.2) is 8.42 Å². The lowest BCUT2D eigenvalue weighted by Crippen LogP contribution is -2.14. The van der Waals surface area contributed by atoms with Gasteiger partial charge in [-0.3, -0.25) is 9.52 Å². The van der Waals surface area contributed by atoms with Crippen LogP contribution in [-0.2, 0) is 10.0 Å². The first-order valence-electron chi connectivity index (χ1n) is 8.74. The van der Waals surface area contributed by atoms with Gasteiger partial charge in [0.25, 0.3) is 15.9 Å². The summed E-state index contributed by atoms with van der Waals surface area (Å²) in [4.78, 5) is 12.6. The Morgan fingerprint density at radius 1 is 0.900 bits per heavy atom. The summed E-state index contributed by atoms with van der Waals surface area (Å²) in [6.07, 6.45) is 0. The molecule has 2 N–H and O–H groups in total. The summed E-state index contributed by atoms with van der Waals surface area (Å²) in [6, 6.07) is 16.9. The van der Waals surface area contributed by atoms with Crippen LogP contribution in [0.25, 0.3) is 0 Å². The van der Waals surface area contributed by atoms with Crippen molar-refractivity contribution in [3.8, 4) is 11.5 Å². The fourth-order valence-electron chi connectivity index (χ4n) is 2.61. The van der Waals surface area contributed by atoms with Crippen LogP contribution in [-0.4, -0.2) is 28.5 Å². The molecule has 30 heavy (non-hydrogen) atoms. The van der Waals surface area contributed by atoms with Crippen LogP contribution in [0, 0.1) is 0 Å². The molecule has 9 heteroatoms. The number of hydrogen-bond acceptors (Lipinski definition) is 5. The molecule has 0 heterocycles. The first-order valence-corrected chi connectivity index (χ1v) is 10.6. The molecule has 0 aromatic heterocycles. The van der Waals surface area contributed by atoms with Crippen molar-refractivity contribution in [2.24, 2.45) is 0 Å². The van der Waals surface area contributed by atoms with Gasteiger partial charge in [0.1, 0.15) is 11.5 Å². The van der Waals surface area contributed by atoms with Crippen LogP contribution < -0.4 is 19.5 Å². The molecule has 0 unspecified atom stereocenters. The van der Waals surface area contributed by atoms with Gasteiger partial charge in [-0.05, 0) is 60.7 Å². The van der Waals surface area contributed by atoms with Gasteiger partial charge < -0.3 is 14.8 Å². The highest BCUT2D eigenvalue weighted by molar-refractivity contribution is 7.92. The Balaban J connectivity index is 1.72. The number of anilines is 2. The van der Waals surface area contributed by atoms with Crippen molar-refractivity contribution in [3.05, 3.63) is 77.3 Å². The molecular weight excluding hydrogens is 428 g/mol. The van der Waals surface area contributed by atoms with E-state index in [1.807, 2.05) is 0 Å². The van der Waals surface area contributed by atoms with Crippen LogP contribution in [0.1, 0.15) is 10.4 Å². The summed E-state index contributed by atoms with van der Waals surface area (Å²) in [5.41, 5.74) is 1.15. The van der Waals surface area contributed by atoms with E-state index >= 15 is 0 Å². The van der Waals surface area contributed by atoms with Crippen molar-refractivity contribution in [2.75, 3.05) is 24.3 Å². The van der Waals surface area contributed by atoms with Crippen LogP contribution in [0.5, 0.6) is 11.5 Å². The Morgan fingerprint density at radius 3 is 2.17 bits per heavy atom. The maximum atomic E-state index is 12.5. The number of carbonyl (C=O) groups is 1. The minimum atomic E-state index is -3.76. The SMILES string of the molecule is COc1ccc(NC(=O)c2ccc(NS(=O)(=O)c3ccc(Cl)cc3)cc2)c(OC)c1. The van der Waals surface area contributed by atoms with E-state index in [2.05, 4.69) is 10.0 Å². The molecule has 0 atom stereocenters. The van der Waals surface area contributed by atoms with Gasteiger partial charge in [0.05, 0.1) is 24.8 Å². The van der Waals surface area contributed by atoms with Gasteiger partial charge in [-0.1, -0.05) is 11.6 Å². The summed E-state index contributed by atoms with van der Waals surface area (Å²) in [7, 11) is -0.735. The fraction of sp³-hybridized carbons (Fsp3) is 0.0952. The van der Waals surface area contributed by atoms with E-state index in [4.69, 9.17) is 21.1 Å². The van der Waals surface area contributed by atoms with Gasteiger partial charge in [0.2, 0.25) is 0 Å². The summed E-state index contributed by atoms with van der Waals surface area (Å²) < 4.78 is 37.7. The molecule has 0 radical (unpaired) electrons. The molecule has 0 spiro atoms. The standard InChI is InChI=1S/C21H19ClN2O5S/c1-28-17-9-12-19(20(13-17)29-2)23-21(25)14-3-7-16(8-4-14)24-30(26,27)18-10-5-15(22)6-11-18/h3-13,24H,1-2H3,(H,23,25). The van der Waals surface area contributed by atoms with Gasteiger partial charge in [0.15, 0.2) is 0 Å². The summed E-state index contributed by atoms with van der Waals surface area (Å²) >= 11 is 5.79. The van der Waals surface area contributed by atoms with Gasteiger partial charge in [0, 0.05) is 22.3 Å². The summed E-state index contributed by atoms with van der Waals surface area (Å²) in [5.74, 6) is 0.683. The van der Waals surface area contributed by atoms with Crippen LogP contribution in [0.4, 0.5) is 11.4 Å². The molecule has 0 saturated heterocycles. The highest BCUT2D eigenvalue weighted by atomic mass is 35.5. The zero-order valence-corrected chi connectivity index (χ0v) is 17.8. The van der Waals surface area contributed by atoms with E-state index in [-0.39, 0.29) is 10.8 Å². The first-order chi connectivity index (χ1) is 14.3. The number of hydrogen-bond donors (Lipinski definition) is 2. The summed E-state index contributed by atoms with van der Waals surface area (Å²) in [6.45, 7) is 0. The Morgan fingerprint density at radius 2 is 1.57 bits per heavy atom. The number of carbonyl (C=O) groups excluding carboxylic acids is 1. The van der Waals surface area contributed by atoms with Gasteiger partial charge in [-0.2, -0.15) is 0 Å². The number of methoxy groups -OCH3 is 2. The van der Waals surface area contributed by atoms with Gasteiger partial charge in [-0.15, -0.1) is 0 Å². The highest BCUT2D eigenvalue weighted by Gasteiger charge is 2.15. The number of halogens is 1. The van der Waals surface area contributed by atoms with Crippen LogP contribution >= 0.6 is 11.6 Å². The van der Waals surface area contributed by atoms with E-state index < -0.39 is 10.0 Å². The Bertz CT molecular complexity index is 1150. The number of rotatable bonds is 7. The maximum Gasteiger partial charge on any atom is 0.261 e. The normalized spacial score (nSPS) is 10.9. The van der Waals surface area contributed by atoms with Crippen molar-refractivity contribution in [1.82, 2.24) is 0 Å². The second-order valence-electron chi connectivity index (χ2n) is 6.16. The molecule has 0 aliphatic rings. The number of ether oxygens (including phenoxy) is 2. The smallest absolute Gasteiger partial charge is 0.261 e. The number of nitrogens with one attached hydrogen (secondary N) is 2. The van der Waals surface area contributed by atoms with Crippen molar-refractivity contribution in [1.29, 1.82) is 0 Å². The predicted octanol–water partition coefficient (Wildman–Crippen LogP) is 4.41. The van der Waals surface area contributed by atoms with E-state index in [9.17, 15) is 13.2 Å². The zero-order valence-electron chi connectivity index (χ0n) is 16.2. The fourth-order valence-corrected chi connectivity index (χ4v) is 3.80. The van der Waals surface area contributed by atoms with Crippen molar-refractivity contribution in [3.63, 3.8) is 0 Å². The number of benzene rings is 3. The second kappa shape index (κ2) is 9.06.